The van der Waals surface area contributed by atoms with Crippen LogP contribution in [0.3, 0.4) is 0 Å². The van der Waals surface area contributed by atoms with Crippen LogP contribution in [0.1, 0.15) is 31.0 Å². The number of halogens is 1. The van der Waals surface area contributed by atoms with Crippen LogP contribution in [0.15, 0.2) is 6.07 Å². The number of aromatic nitrogens is 1. The molecule has 4 nitrogen and oxygen atoms in total. The van der Waals surface area contributed by atoms with Crippen LogP contribution in [0.4, 0.5) is 10.2 Å². The molecule has 0 atom stereocenters. The number of nitrogens with zero attached hydrogens (tertiary/aromatic N) is 2. The summed E-state index contributed by atoms with van der Waals surface area (Å²) in [5.74, 6) is -0.865. The molecule has 0 saturated heterocycles. The standard InChI is InChI=1S/C9H11FN2O2/c1-5(2)7-4-8(10)6(3)11-9(7)12(13)14/h4-5H,1-3H3. The van der Waals surface area contributed by atoms with Crippen LogP contribution < -0.4 is 0 Å². The second kappa shape index (κ2) is 3.69. The summed E-state index contributed by atoms with van der Waals surface area (Å²) in [4.78, 5) is 13.6. The second-order valence-electron chi connectivity index (χ2n) is 3.38. The van der Waals surface area contributed by atoms with Gasteiger partial charge in [0.2, 0.25) is 0 Å². The molecule has 0 radical (unpaired) electrons. The third kappa shape index (κ3) is 1.86. The Bertz CT molecular complexity index is 377. The Morgan fingerprint density at radius 1 is 1.57 bits per heavy atom. The van der Waals surface area contributed by atoms with Gasteiger partial charge < -0.3 is 10.1 Å². The first-order chi connectivity index (χ1) is 6.43. The van der Waals surface area contributed by atoms with E-state index >= 15 is 0 Å². The third-order valence-electron chi connectivity index (χ3n) is 1.95. The molecule has 5 heteroatoms. The fourth-order valence-corrected chi connectivity index (χ4v) is 1.15. The highest BCUT2D eigenvalue weighted by Crippen LogP contribution is 2.25. The molecule has 0 aromatic carbocycles. The van der Waals surface area contributed by atoms with Gasteiger partial charge in [-0.05, 0) is 21.9 Å². The van der Waals surface area contributed by atoms with Crippen LogP contribution in [0.25, 0.3) is 0 Å². The molecule has 0 aliphatic carbocycles. The third-order valence-corrected chi connectivity index (χ3v) is 1.95. The Morgan fingerprint density at radius 2 is 2.14 bits per heavy atom. The van der Waals surface area contributed by atoms with Crippen molar-refractivity contribution in [3.05, 3.63) is 33.3 Å². The van der Waals surface area contributed by atoms with Gasteiger partial charge in [0.25, 0.3) is 0 Å². The van der Waals surface area contributed by atoms with E-state index < -0.39 is 10.7 Å². The minimum absolute atomic E-state index is 0.0566. The maximum atomic E-state index is 13.1. The van der Waals surface area contributed by atoms with Crippen molar-refractivity contribution >= 4 is 5.82 Å². The van der Waals surface area contributed by atoms with Crippen LogP contribution in [-0.4, -0.2) is 9.91 Å². The normalized spacial score (nSPS) is 10.6. The van der Waals surface area contributed by atoms with E-state index in [2.05, 4.69) is 4.98 Å². The zero-order valence-electron chi connectivity index (χ0n) is 8.24. The van der Waals surface area contributed by atoms with Gasteiger partial charge in [-0.15, -0.1) is 0 Å². The summed E-state index contributed by atoms with van der Waals surface area (Å²) >= 11 is 0. The van der Waals surface area contributed by atoms with Gasteiger partial charge in [0.15, 0.2) is 11.5 Å². The Morgan fingerprint density at radius 3 is 2.57 bits per heavy atom. The molecule has 0 unspecified atom stereocenters. The SMILES string of the molecule is Cc1nc([N+](=O)[O-])c(C(C)C)cc1F. The molecule has 0 N–H and O–H groups in total. The lowest BCUT2D eigenvalue weighted by Crippen LogP contribution is -2.03. The van der Waals surface area contributed by atoms with Gasteiger partial charge in [-0.25, -0.2) is 4.39 Å². The molecule has 76 valence electrons. The Hall–Kier alpha value is -1.52. The van der Waals surface area contributed by atoms with Crippen molar-refractivity contribution in [2.75, 3.05) is 0 Å². The first-order valence-electron chi connectivity index (χ1n) is 4.25. The first-order valence-corrected chi connectivity index (χ1v) is 4.25. The maximum absolute atomic E-state index is 13.1. The van der Waals surface area contributed by atoms with E-state index in [0.717, 1.165) is 0 Å². The van der Waals surface area contributed by atoms with E-state index in [-0.39, 0.29) is 17.4 Å². The van der Waals surface area contributed by atoms with Crippen molar-refractivity contribution in [2.45, 2.75) is 26.7 Å². The molecule has 1 aromatic heterocycles. The number of hydrogen-bond acceptors (Lipinski definition) is 3. The Labute approximate surface area is 80.9 Å². The van der Waals surface area contributed by atoms with Gasteiger partial charge in [-0.1, -0.05) is 13.8 Å². The number of aryl methyl sites for hydroxylation is 1. The molecule has 0 bridgehead atoms. The van der Waals surface area contributed by atoms with Gasteiger partial charge in [0, 0.05) is 6.92 Å². The lowest BCUT2D eigenvalue weighted by Gasteiger charge is -2.06. The predicted molar refractivity (Wildman–Crippen MR) is 49.7 cm³/mol. The van der Waals surface area contributed by atoms with Crippen molar-refractivity contribution in [1.29, 1.82) is 0 Å². The predicted octanol–water partition coefficient (Wildman–Crippen LogP) is 2.56. The first kappa shape index (κ1) is 10.6. The van der Waals surface area contributed by atoms with Crippen molar-refractivity contribution in [3.63, 3.8) is 0 Å². The average Bonchev–Trinajstić information content (AvgIpc) is 2.08. The summed E-state index contributed by atoms with van der Waals surface area (Å²) in [5.41, 5.74) is 0.388. The lowest BCUT2D eigenvalue weighted by molar-refractivity contribution is -0.390. The zero-order valence-corrected chi connectivity index (χ0v) is 8.24. The molecule has 0 aliphatic rings. The largest absolute Gasteiger partial charge is 0.367 e. The molecule has 1 rings (SSSR count). The van der Waals surface area contributed by atoms with Crippen molar-refractivity contribution in [1.82, 2.24) is 4.98 Å². The molecule has 0 fully saturated rings. The highest BCUT2D eigenvalue weighted by atomic mass is 19.1. The monoisotopic (exact) mass is 198 g/mol. The number of rotatable bonds is 2. The van der Waals surface area contributed by atoms with Gasteiger partial charge in [0.1, 0.15) is 0 Å². The van der Waals surface area contributed by atoms with Gasteiger partial charge in [-0.2, -0.15) is 0 Å². The number of hydrogen-bond donors (Lipinski definition) is 0. The maximum Gasteiger partial charge on any atom is 0.367 e. The Balaban J connectivity index is 3.39. The van der Waals surface area contributed by atoms with Crippen molar-refractivity contribution in [3.8, 4) is 0 Å². The van der Waals surface area contributed by atoms with E-state index in [1.54, 1.807) is 13.8 Å². The minimum Gasteiger partial charge on any atom is -0.358 e. The molecule has 1 heterocycles. The molecule has 1 aromatic rings. The zero-order chi connectivity index (χ0) is 10.9. The Kier molecular flexibility index (Phi) is 2.78. The smallest absolute Gasteiger partial charge is 0.358 e. The summed E-state index contributed by atoms with van der Waals surface area (Å²) in [6.07, 6.45) is 0. The topological polar surface area (TPSA) is 56.0 Å². The van der Waals surface area contributed by atoms with Gasteiger partial charge in [0.05, 0.1) is 5.56 Å². The van der Waals surface area contributed by atoms with Gasteiger partial charge in [-0.3, -0.25) is 0 Å². The molecular formula is C9H11FN2O2. The fourth-order valence-electron chi connectivity index (χ4n) is 1.15. The summed E-state index contributed by atoms with van der Waals surface area (Å²) in [5, 5.41) is 10.6. The van der Waals surface area contributed by atoms with Crippen LogP contribution in [0, 0.1) is 22.9 Å². The number of pyridine rings is 1. The van der Waals surface area contributed by atoms with Crippen LogP contribution >= 0.6 is 0 Å². The van der Waals surface area contributed by atoms with E-state index in [9.17, 15) is 14.5 Å². The van der Waals surface area contributed by atoms with Crippen LogP contribution in [0.2, 0.25) is 0 Å². The molecule has 14 heavy (non-hydrogen) atoms. The summed E-state index contributed by atoms with van der Waals surface area (Å²) in [7, 11) is 0. The highest BCUT2D eigenvalue weighted by molar-refractivity contribution is 5.36. The van der Waals surface area contributed by atoms with E-state index in [4.69, 9.17) is 0 Å². The van der Waals surface area contributed by atoms with Crippen LogP contribution in [-0.2, 0) is 0 Å². The van der Waals surface area contributed by atoms with Crippen molar-refractivity contribution in [2.24, 2.45) is 0 Å². The lowest BCUT2D eigenvalue weighted by atomic mass is 10.0. The average molecular weight is 198 g/mol. The number of nitro groups is 1. The minimum atomic E-state index is -0.582. The summed E-state index contributed by atoms with van der Waals surface area (Å²) in [6, 6.07) is 1.19. The van der Waals surface area contributed by atoms with Crippen molar-refractivity contribution < 1.29 is 9.31 Å². The van der Waals surface area contributed by atoms with Gasteiger partial charge >= 0.3 is 5.82 Å². The fraction of sp³-hybridized carbons (Fsp3) is 0.444. The molecular weight excluding hydrogens is 187 g/mol. The van der Waals surface area contributed by atoms with E-state index in [0.29, 0.717) is 5.56 Å². The quantitative estimate of drug-likeness (QED) is 0.542. The summed E-state index contributed by atoms with van der Waals surface area (Å²) < 4.78 is 13.1. The highest BCUT2D eigenvalue weighted by Gasteiger charge is 2.21. The molecule has 0 amide bonds. The van der Waals surface area contributed by atoms with E-state index in [1.807, 2.05) is 0 Å². The van der Waals surface area contributed by atoms with E-state index in [1.165, 1.54) is 13.0 Å². The summed E-state index contributed by atoms with van der Waals surface area (Å²) in [6.45, 7) is 4.93. The van der Waals surface area contributed by atoms with Crippen LogP contribution in [0.5, 0.6) is 0 Å². The molecule has 0 spiro atoms. The second-order valence-corrected chi connectivity index (χ2v) is 3.38. The molecule has 0 aliphatic heterocycles. The molecule has 0 saturated carbocycles.